The Labute approximate surface area is 158 Å². The Kier molecular flexibility index (Phi) is 6.71. The van der Waals surface area contributed by atoms with Gasteiger partial charge in [0, 0.05) is 11.1 Å². The quantitative estimate of drug-likeness (QED) is 0.734. The van der Waals surface area contributed by atoms with E-state index in [-0.39, 0.29) is 11.8 Å². The summed E-state index contributed by atoms with van der Waals surface area (Å²) in [5.74, 6) is -2.11. The molecule has 2 aromatic rings. The molecular formula is C21H24N2O4. The van der Waals surface area contributed by atoms with Crippen molar-refractivity contribution in [2.24, 2.45) is 11.7 Å². The highest BCUT2D eigenvalue weighted by molar-refractivity contribution is 5.97. The molecule has 2 atom stereocenters. The molecule has 0 spiro atoms. The molecule has 0 saturated carbocycles. The molecule has 1 unspecified atom stereocenters. The van der Waals surface area contributed by atoms with Gasteiger partial charge in [0.15, 0.2) is 0 Å². The van der Waals surface area contributed by atoms with E-state index in [1.165, 1.54) is 0 Å². The molecule has 6 nitrogen and oxygen atoms in total. The van der Waals surface area contributed by atoms with E-state index in [4.69, 9.17) is 10.5 Å². The maximum atomic E-state index is 12.6. The lowest BCUT2D eigenvalue weighted by Gasteiger charge is -2.23. The van der Waals surface area contributed by atoms with Crippen LogP contribution in [0.5, 0.6) is 0 Å². The fraction of sp³-hybridized carbons (Fsp3) is 0.286. The number of esters is 1. The van der Waals surface area contributed by atoms with Crippen molar-refractivity contribution in [3.05, 3.63) is 71.3 Å². The molecule has 0 radical (unpaired) electrons. The molecule has 142 valence electrons. The summed E-state index contributed by atoms with van der Waals surface area (Å²) in [5.41, 5.74) is 7.34. The first-order valence-corrected chi connectivity index (χ1v) is 8.72. The number of hydrogen-bond donors (Lipinski definition) is 2. The molecule has 2 amide bonds. The maximum absolute atomic E-state index is 12.6. The van der Waals surface area contributed by atoms with Gasteiger partial charge in [0.25, 0.3) is 11.8 Å². The smallest absolute Gasteiger partial charge is 0.330 e. The normalized spacial score (nSPS) is 12.9. The molecule has 6 heteroatoms. The van der Waals surface area contributed by atoms with E-state index in [0.717, 1.165) is 5.56 Å². The number of rotatable bonds is 7. The van der Waals surface area contributed by atoms with Gasteiger partial charge in [0.05, 0.1) is 0 Å². The molecule has 0 bridgehead atoms. The van der Waals surface area contributed by atoms with Gasteiger partial charge in [-0.05, 0) is 25.0 Å². The van der Waals surface area contributed by atoms with Crippen LogP contribution >= 0.6 is 0 Å². The molecule has 0 fully saturated rings. The van der Waals surface area contributed by atoms with Gasteiger partial charge in [0.1, 0.15) is 6.04 Å². The fourth-order valence-electron chi connectivity index (χ4n) is 2.53. The van der Waals surface area contributed by atoms with Crippen LogP contribution in [0.1, 0.15) is 41.4 Å². The molecule has 0 aliphatic carbocycles. The summed E-state index contributed by atoms with van der Waals surface area (Å²) >= 11 is 0. The molecule has 0 aliphatic heterocycles. The average molecular weight is 368 g/mol. The largest absolute Gasteiger partial charge is 0.446 e. The Morgan fingerprint density at radius 2 is 1.56 bits per heavy atom. The number of primary amides is 1. The number of carbonyl (C=O) groups excluding carboxylic acids is 3. The van der Waals surface area contributed by atoms with Crippen LogP contribution in [0.3, 0.4) is 0 Å². The summed E-state index contributed by atoms with van der Waals surface area (Å²) in [7, 11) is 0. The van der Waals surface area contributed by atoms with Gasteiger partial charge >= 0.3 is 5.97 Å². The lowest BCUT2D eigenvalue weighted by Crippen LogP contribution is -2.46. The zero-order valence-electron chi connectivity index (χ0n) is 15.6. The number of aryl methyl sites for hydroxylation is 1. The lowest BCUT2D eigenvalue weighted by molar-refractivity contribution is -0.158. The molecule has 3 N–H and O–H groups in total. The predicted octanol–water partition coefficient (Wildman–Crippen LogP) is 2.52. The van der Waals surface area contributed by atoms with Crippen molar-refractivity contribution >= 4 is 17.8 Å². The SMILES string of the molecule is Cc1ccc(C(=O)N[C@H](C(=O)OC(C(N)=O)c2ccccc2)C(C)C)cc1. The van der Waals surface area contributed by atoms with E-state index in [2.05, 4.69) is 5.32 Å². The zero-order valence-corrected chi connectivity index (χ0v) is 15.6. The van der Waals surface area contributed by atoms with Crippen LogP contribution in [0.15, 0.2) is 54.6 Å². The van der Waals surface area contributed by atoms with E-state index >= 15 is 0 Å². The zero-order chi connectivity index (χ0) is 20.0. The van der Waals surface area contributed by atoms with Crippen LogP contribution in [0.25, 0.3) is 0 Å². The third kappa shape index (κ3) is 5.41. The topological polar surface area (TPSA) is 98.5 Å². The van der Waals surface area contributed by atoms with Gasteiger partial charge in [-0.15, -0.1) is 0 Å². The Hall–Kier alpha value is -3.15. The summed E-state index contributed by atoms with van der Waals surface area (Å²) in [6, 6.07) is 14.6. The van der Waals surface area contributed by atoms with Crippen LogP contribution < -0.4 is 11.1 Å². The van der Waals surface area contributed by atoms with Crippen molar-refractivity contribution in [3.63, 3.8) is 0 Å². The second-order valence-electron chi connectivity index (χ2n) is 6.69. The molecular weight excluding hydrogens is 344 g/mol. The predicted molar refractivity (Wildman–Crippen MR) is 102 cm³/mol. The van der Waals surface area contributed by atoms with Crippen molar-refractivity contribution in [3.8, 4) is 0 Å². The van der Waals surface area contributed by atoms with Crippen molar-refractivity contribution < 1.29 is 19.1 Å². The van der Waals surface area contributed by atoms with E-state index in [1.807, 2.05) is 19.1 Å². The number of carbonyl (C=O) groups is 3. The average Bonchev–Trinajstić information content (AvgIpc) is 2.64. The van der Waals surface area contributed by atoms with Gasteiger partial charge in [-0.3, -0.25) is 9.59 Å². The number of nitrogens with two attached hydrogens (primary N) is 1. The number of hydrogen-bond acceptors (Lipinski definition) is 4. The summed E-state index contributed by atoms with van der Waals surface area (Å²) in [5, 5.41) is 2.68. The molecule has 0 aromatic heterocycles. The number of amides is 2. The Morgan fingerprint density at radius 3 is 2.07 bits per heavy atom. The molecule has 2 rings (SSSR count). The summed E-state index contributed by atoms with van der Waals surface area (Å²) < 4.78 is 5.35. The minimum atomic E-state index is -1.21. The summed E-state index contributed by atoms with van der Waals surface area (Å²) in [6.07, 6.45) is -1.21. The van der Waals surface area contributed by atoms with Crippen molar-refractivity contribution in [1.82, 2.24) is 5.32 Å². The van der Waals surface area contributed by atoms with Crippen LogP contribution in [-0.4, -0.2) is 23.8 Å². The van der Waals surface area contributed by atoms with Crippen molar-refractivity contribution in [1.29, 1.82) is 0 Å². The van der Waals surface area contributed by atoms with E-state index in [9.17, 15) is 14.4 Å². The third-order valence-electron chi connectivity index (χ3n) is 4.12. The van der Waals surface area contributed by atoms with Crippen molar-refractivity contribution in [2.75, 3.05) is 0 Å². The number of nitrogens with one attached hydrogen (secondary N) is 1. The number of benzene rings is 2. The first-order valence-electron chi connectivity index (χ1n) is 8.72. The van der Waals surface area contributed by atoms with Gasteiger partial charge in [-0.25, -0.2) is 4.79 Å². The first-order chi connectivity index (χ1) is 12.8. The minimum absolute atomic E-state index is 0.240. The van der Waals surface area contributed by atoms with Gasteiger partial charge < -0.3 is 15.8 Å². The molecule has 0 heterocycles. The van der Waals surface area contributed by atoms with Gasteiger partial charge in [0.2, 0.25) is 6.10 Å². The Morgan fingerprint density at radius 1 is 0.963 bits per heavy atom. The van der Waals surface area contributed by atoms with Crippen LogP contribution in [0.2, 0.25) is 0 Å². The van der Waals surface area contributed by atoms with Gasteiger partial charge in [-0.2, -0.15) is 0 Å². The Bertz CT molecular complexity index is 801. The third-order valence-corrected chi connectivity index (χ3v) is 4.12. The van der Waals surface area contributed by atoms with Crippen LogP contribution in [-0.2, 0) is 14.3 Å². The van der Waals surface area contributed by atoms with Gasteiger partial charge in [-0.1, -0.05) is 61.9 Å². The minimum Gasteiger partial charge on any atom is -0.446 e. The number of ether oxygens (including phenoxy) is 1. The molecule has 0 saturated heterocycles. The van der Waals surface area contributed by atoms with Crippen molar-refractivity contribution in [2.45, 2.75) is 32.9 Å². The second kappa shape index (κ2) is 8.98. The Balaban J connectivity index is 2.15. The molecule has 27 heavy (non-hydrogen) atoms. The van der Waals surface area contributed by atoms with E-state index in [0.29, 0.717) is 11.1 Å². The lowest BCUT2D eigenvalue weighted by atomic mass is 10.0. The highest BCUT2D eigenvalue weighted by Gasteiger charge is 2.31. The first kappa shape index (κ1) is 20.2. The van der Waals surface area contributed by atoms with E-state index < -0.39 is 24.0 Å². The van der Waals surface area contributed by atoms with E-state index in [1.54, 1.807) is 56.3 Å². The summed E-state index contributed by atoms with van der Waals surface area (Å²) in [4.78, 5) is 36.9. The highest BCUT2D eigenvalue weighted by atomic mass is 16.5. The molecule has 2 aromatic carbocycles. The standard InChI is InChI=1S/C21H24N2O4/c1-13(2)17(23-20(25)16-11-9-14(3)10-12-16)21(26)27-18(19(22)24)15-7-5-4-6-8-15/h4-13,17-18H,1-3H3,(H2,22,24)(H,23,25)/t17-,18?/m0/s1. The maximum Gasteiger partial charge on any atom is 0.330 e. The van der Waals surface area contributed by atoms with Crippen LogP contribution in [0, 0.1) is 12.8 Å². The monoisotopic (exact) mass is 368 g/mol. The summed E-state index contributed by atoms with van der Waals surface area (Å²) in [6.45, 7) is 5.48. The highest BCUT2D eigenvalue weighted by Crippen LogP contribution is 2.19. The fourth-order valence-corrected chi connectivity index (χ4v) is 2.53. The van der Waals surface area contributed by atoms with Crippen LogP contribution in [0.4, 0.5) is 0 Å². The second-order valence-corrected chi connectivity index (χ2v) is 6.69. The molecule has 0 aliphatic rings.